The Morgan fingerprint density at radius 2 is 1.35 bits per heavy atom. The van der Waals surface area contributed by atoms with Crippen LogP contribution in [0.2, 0.25) is 0 Å². The van der Waals surface area contributed by atoms with E-state index in [0.29, 0.717) is 6.61 Å². The van der Waals surface area contributed by atoms with Gasteiger partial charge >= 0.3 is 0 Å². The highest BCUT2D eigenvalue weighted by Crippen LogP contribution is 2.16. The lowest BCUT2D eigenvalue weighted by molar-refractivity contribution is 0.130. The Morgan fingerprint density at radius 1 is 0.824 bits per heavy atom. The second-order valence-electron chi connectivity index (χ2n) is 5.14. The van der Waals surface area contributed by atoms with E-state index in [-0.39, 0.29) is 6.10 Å². The summed E-state index contributed by atoms with van der Waals surface area (Å²) in [5.41, 5.74) is 0. The third-order valence-electron chi connectivity index (χ3n) is 3.34. The first-order valence-corrected chi connectivity index (χ1v) is 7.60. The van der Waals surface area contributed by atoms with Gasteiger partial charge in [0.1, 0.15) is 0 Å². The van der Waals surface area contributed by atoms with Crippen molar-refractivity contribution in [1.82, 2.24) is 0 Å². The zero-order valence-corrected chi connectivity index (χ0v) is 11.7. The van der Waals surface area contributed by atoms with Gasteiger partial charge < -0.3 is 10.2 Å². The van der Waals surface area contributed by atoms with Crippen molar-refractivity contribution >= 4 is 0 Å². The fourth-order valence-corrected chi connectivity index (χ4v) is 2.15. The second kappa shape index (κ2) is 14.0. The van der Waals surface area contributed by atoms with Crippen molar-refractivity contribution in [3.05, 3.63) is 0 Å². The minimum absolute atomic E-state index is 0.0359. The van der Waals surface area contributed by atoms with Crippen molar-refractivity contribution in [3.63, 3.8) is 0 Å². The molecule has 0 amide bonds. The Kier molecular flexibility index (Phi) is 13.9. The van der Waals surface area contributed by atoms with Crippen molar-refractivity contribution < 1.29 is 10.2 Å². The molecule has 0 heterocycles. The van der Waals surface area contributed by atoms with Crippen molar-refractivity contribution in [2.45, 2.75) is 90.1 Å². The zero-order valence-electron chi connectivity index (χ0n) is 11.7. The minimum Gasteiger partial charge on any atom is -0.396 e. The molecule has 1 saturated carbocycles. The first-order valence-electron chi connectivity index (χ1n) is 7.60. The van der Waals surface area contributed by atoms with E-state index in [1.54, 1.807) is 0 Å². The molecule has 104 valence electrons. The average molecular weight is 244 g/mol. The SMILES string of the molecule is CCCCCCCCCO.OC1CCCCC1. The molecule has 2 nitrogen and oxygen atoms in total. The fourth-order valence-electron chi connectivity index (χ4n) is 2.15. The lowest BCUT2D eigenvalue weighted by Gasteiger charge is -2.14. The highest BCUT2D eigenvalue weighted by molar-refractivity contribution is 4.61. The van der Waals surface area contributed by atoms with Crippen molar-refractivity contribution in [2.24, 2.45) is 0 Å². The molecule has 0 radical (unpaired) electrons. The smallest absolute Gasteiger partial charge is 0.0540 e. The molecule has 2 N–H and O–H groups in total. The number of rotatable bonds is 7. The van der Waals surface area contributed by atoms with Gasteiger partial charge in [-0.15, -0.1) is 0 Å². The van der Waals surface area contributed by atoms with Crippen LogP contribution in [0.25, 0.3) is 0 Å². The Bertz CT molecular complexity index is 123. The van der Waals surface area contributed by atoms with E-state index in [2.05, 4.69) is 6.92 Å². The van der Waals surface area contributed by atoms with Gasteiger partial charge in [0.25, 0.3) is 0 Å². The lowest BCUT2D eigenvalue weighted by atomic mass is 9.98. The van der Waals surface area contributed by atoms with Gasteiger partial charge in [0.05, 0.1) is 6.10 Å². The van der Waals surface area contributed by atoms with Gasteiger partial charge in [0, 0.05) is 6.61 Å². The van der Waals surface area contributed by atoms with Crippen molar-refractivity contribution in [3.8, 4) is 0 Å². The van der Waals surface area contributed by atoms with Gasteiger partial charge in [-0.3, -0.25) is 0 Å². The van der Waals surface area contributed by atoms with Crippen LogP contribution in [-0.4, -0.2) is 22.9 Å². The normalized spacial score (nSPS) is 16.4. The quantitative estimate of drug-likeness (QED) is 0.664. The Labute approximate surface area is 107 Å². The summed E-state index contributed by atoms with van der Waals surface area (Å²) in [5.74, 6) is 0. The predicted molar refractivity (Wildman–Crippen MR) is 74.2 cm³/mol. The molecule has 0 aromatic rings. The molecule has 0 spiro atoms. The number of aliphatic hydroxyl groups excluding tert-OH is 2. The minimum atomic E-state index is 0.0359. The first kappa shape index (κ1) is 16.9. The zero-order chi connectivity index (χ0) is 12.8. The number of hydrogen-bond donors (Lipinski definition) is 2. The fraction of sp³-hybridized carbons (Fsp3) is 1.00. The van der Waals surface area contributed by atoms with E-state index in [4.69, 9.17) is 10.2 Å². The van der Waals surface area contributed by atoms with Crippen LogP contribution in [0.3, 0.4) is 0 Å². The summed E-state index contributed by atoms with van der Waals surface area (Å²) in [7, 11) is 0. The van der Waals surface area contributed by atoms with Gasteiger partial charge in [0.2, 0.25) is 0 Å². The van der Waals surface area contributed by atoms with Crippen molar-refractivity contribution in [1.29, 1.82) is 0 Å². The van der Waals surface area contributed by atoms with Crippen LogP contribution >= 0.6 is 0 Å². The summed E-state index contributed by atoms with van der Waals surface area (Å²) in [6, 6.07) is 0. The number of aliphatic hydroxyl groups is 2. The van der Waals surface area contributed by atoms with E-state index in [1.165, 1.54) is 57.8 Å². The van der Waals surface area contributed by atoms with Crippen LogP contribution in [0, 0.1) is 0 Å². The van der Waals surface area contributed by atoms with Crippen LogP contribution < -0.4 is 0 Å². The molecule has 0 bridgehead atoms. The molecule has 2 heteroatoms. The van der Waals surface area contributed by atoms with Crippen LogP contribution in [0.5, 0.6) is 0 Å². The van der Waals surface area contributed by atoms with Crippen LogP contribution in [0.15, 0.2) is 0 Å². The molecular formula is C15H32O2. The molecule has 1 fully saturated rings. The molecule has 0 aliphatic heterocycles. The summed E-state index contributed by atoms with van der Waals surface area (Å²) in [6.07, 6.45) is 14.9. The van der Waals surface area contributed by atoms with Crippen LogP contribution in [0.1, 0.15) is 84.0 Å². The third-order valence-corrected chi connectivity index (χ3v) is 3.34. The maximum atomic E-state index is 8.91. The maximum Gasteiger partial charge on any atom is 0.0540 e. The molecular weight excluding hydrogens is 212 g/mol. The van der Waals surface area contributed by atoms with E-state index >= 15 is 0 Å². The molecule has 1 rings (SSSR count). The van der Waals surface area contributed by atoms with Crippen LogP contribution in [0.4, 0.5) is 0 Å². The Hall–Kier alpha value is -0.0800. The molecule has 0 unspecified atom stereocenters. The molecule has 0 aromatic carbocycles. The van der Waals surface area contributed by atoms with E-state index in [0.717, 1.165) is 19.3 Å². The van der Waals surface area contributed by atoms with Gasteiger partial charge in [0.15, 0.2) is 0 Å². The van der Waals surface area contributed by atoms with Crippen molar-refractivity contribution in [2.75, 3.05) is 6.61 Å². The van der Waals surface area contributed by atoms with E-state index in [1.807, 2.05) is 0 Å². The summed E-state index contributed by atoms with van der Waals surface area (Å²) in [5, 5.41) is 17.4. The first-order chi connectivity index (χ1) is 8.31. The summed E-state index contributed by atoms with van der Waals surface area (Å²) in [4.78, 5) is 0. The average Bonchev–Trinajstić information content (AvgIpc) is 2.35. The summed E-state index contributed by atoms with van der Waals surface area (Å²) in [6.45, 7) is 2.60. The maximum absolute atomic E-state index is 8.91. The third kappa shape index (κ3) is 13.9. The highest BCUT2D eigenvalue weighted by Gasteiger charge is 2.07. The van der Waals surface area contributed by atoms with Gasteiger partial charge in [-0.05, 0) is 19.3 Å². The van der Waals surface area contributed by atoms with Crippen LogP contribution in [-0.2, 0) is 0 Å². The summed E-state index contributed by atoms with van der Waals surface area (Å²) < 4.78 is 0. The molecule has 0 atom stereocenters. The van der Waals surface area contributed by atoms with E-state index < -0.39 is 0 Å². The Balaban J connectivity index is 0.000000318. The number of hydrogen-bond acceptors (Lipinski definition) is 2. The standard InChI is InChI=1S/C9H20O.C6H12O/c1-2-3-4-5-6-7-8-9-10;7-6-4-2-1-3-5-6/h10H,2-9H2,1H3;6-7H,1-5H2. The molecule has 0 saturated heterocycles. The summed E-state index contributed by atoms with van der Waals surface area (Å²) >= 11 is 0. The topological polar surface area (TPSA) is 40.5 Å². The molecule has 0 aromatic heterocycles. The Morgan fingerprint density at radius 3 is 1.76 bits per heavy atom. The predicted octanol–water partition coefficient (Wildman–Crippen LogP) is 4.04. The lowest BCUT2D eigenvalue weighted by Crippen LogP contribution is -2.09. The van der Waals surface area contributed by atoms with E-state index in [9.17, 15) is 0 Å². The molecule has 17 heavy (non-hydrogen) atoms. The largest absolute Gasteiger partial charge is 0.396 e. The molecule has 1 aliphatic rings. The number of unbranched alkanes of at least 4 members (excludes halogenated alkanes) is 6. The molecule has 1 aliphatic carbocycles. The monoisotopic (exact) mass is 244 g/mol. The highest BCUT2D eigenvalue weighted by atomic mass is 16.3. The second-order valence-corrected chi connectivity index (χ2v) is 5.14. The van der Waals surface area contributed by atoms with Gasteiger partial charge in [-0.25, -0.2) is 0 Å². The van der Waals surface area contributed by atoms with Gasteiger partial charge in [-0.2, -0.15) is 0 Å². The van der Waals surface area contributed by atoms with Gasteiger partial charge in [-0.1, -0.05) is 64.7 Å².